The minimum atomic E-state index is -0.544. The van der Waals surface area contributed by atoms with E-state index in [0.29, 0.717) is 23.7 Å². The summed E-state index contributed by atoms with van der Waals surface area (Å²) in [5.74, 6) is 0.120. The van der Waals surface area contributed by atoms with Gasteiger partial charge in [-0.1, -0.05) is 41.6 Å². The van der Waals surface area contributed by atoms with Gasteiger partial charge in [0.2, 0.25) is 0 Å². The molecule has 0 fully saturated rings. The standard InChI is InChI=1S/C17H12FN3O/c18-15-7-4-8-16(14(15)10-19)20-11-13-9-17(22-21-13)12-5-2-1-3-6-12/h1-9,20H,11H2. The molecule has 1 N–H and O–H groups in total. The topological polar surface area (TPSA) is 61.9 Å². The van der Waals surface area contributed by atoms with Crippen LogP contribution in [0.15, 0.2) is 59.1 Å². The summed E-state index contributed by atoms with van der Waals surface area (Å²) in [6.07, 6.45) is 0. The van der Waals surface area contributed by atoms with Gasteiger partial charge >= 0.3 is 0 Å². The first kappa shape index (κ1) is 13.8. The minimum Gasteiger partial charge on any atom is -0.378 e. The lowest BCUT2D eigenvalue weighted by molar-refractivity contribution is 0.424. The first-order chi connectivity index (χ1) is 10.8. The van der Waals surface area contributed by atoms with Crippen LogP contribution in [0.1, 0.15) is 11.3 Å². The van der Waals surface area contributed by atoms with Crippen LogP contribution in [0.3, 0.4) is 0 Å². The Hall–Kier alpha value is -3.13. The summed E-state index contributed by atoms with van der Waals surface area (Å²) >= 11 is 0. The van der Waals surface area contributed by atoms with Gasteiger partial charge in [0.25, 0.3) is 0 Å². The van der Waals surface area contributed by atoms with Gasteiger partial charge in [-0.3, -0.25) is 0 Å². The third-order valence-corrected chi connectivity index (χ3v) is 3.20. The summed E-state index contributed by atoms with van der Waals surface area (Å²) in [7, 11) is 0. The van der Waals surface area contributed by atoms with Crippen molar-refractivity contribution in [3.63, 3.8) is 0 Å². The molecule has 0 amide bonds. The van der Waals surface area contributed by atoms with Gasteiger partial charge in [-0.2, -0.15) is 5.26 Å². The van der Waals surface area contributed by atoms with Crippen molar-refractivity contribution in [1.29, 1.82) is 5.26 Å². The lowest BCUT2D eigenvalue weighted by atomic mass is 10.1. The van der Waals surface area contributed by atoms with Crippen LogP contribution >= 0.6 is 0 Å². The molecule has 0 saturated carbocycles. The summed E-state index contributed by atoms with van der Waals surface area (Å²) in [4.78, 5) is 0. The van der Waals surface area contributed by atoms with Gasteiger partial charge in [0, 0.05) is 11.6 Å². The van der Waals surface area contributed by atoms with Crippen LogP contribution in [-0.4, -0.2) is 5.16 Å². The molecule has 1 aromatic heterocycles. The highest BCUT2D eigenvalue weighted by atomic mass is 19.1. The minimum absolute atomic E-state index is 0.00530. The maximum absolute atomic E-state index is 13.5. The summed E-state index contributed by atoms with van der Waals surface area (Å²) in [5, 5.41) is 16.0. The van der Waals surface area contributed by atoms with E-state index in [1.807, 2.05) is 42.5 Å². The molecule has 1 heterocycles. The molecule has 0 aliphatic rings. The van der Waals surface area contributed by atoms with E-state index in [9.17, 15) is 4.39 Å². The van der Waals surface area contributed by atoms with Crippen LogP contribution in [0.2, 0.25) is 0 Å². The van der Waals surface area contributed by atoms with Crippen molar-refractivity contribution < 1.29 is 8.91 Å². The second-order valence-electron chi connectivity index (χ2n) is 4.68. The number of hydrogen-bond acceptors (Lipinski definition) is 4. The quantitative estimate of drug-likeness (QED) is 0.790. The van der Waals surface area contributed by atoms with Gasteiger partial charge in [-0.05, 0) is 12.1 Å². The average Bonchev–Trinajstić information content (AvgIpc) is 3.03. The number of aromatic nitrogens is 1. The Kier molecular flexibility index (Phi) is 3.84. The van der Waals surface area contributed by atoms with Gasteiger partial charge in [0.05, 0.1) is 12.2 Å². The van der Waals surface area contributed by atoms with E-state index in [-0.39, 0.29) is 5.56 Å². The van der Waals surface area contributed by atoms with Crippen LogP contribution < -0.4 is 5.32 Å². The SMILES string of the molecule is N#Cc1c(F)cccc1NCc1cc(-c2ccccc2)on1. The fourth-order valence-electron chi connectivity index (χ4n) is 2.10. The molecule has 4 nitrogen and oxygen atoms in total. The Morgan fingerprint density at radius 3 is 2.73 bits per heavy atom. The summed E-state index contributed by atoms with van der Waals surface area (Å²) in [5.41, 5.74) is 2.04. The molecular weight excluding hydrogens is 281 g/mol. The zero-order valence-corrected chi connectivity index (χ0v) is 11.6. The number of halogens is 1. The monoisotopic (exact) mass is 293 g/mol. The maximum Gasteiger partial charge on any atom is 0.167 e. The number of anilines is 1. The molecule has 0 bridgehead atoms. The van der Waals surface area contributed by atoms with Gasteiger partial charge in [0.15, 0.2) is 5.76 Å². The fraction of sp³-hybridized carbons (Fsp3) is 0.0588. The molecule has 0 saturated heterocycles. The van der Waals surface area contributed by atoms with Crippen LogP contribution in [-0.2, 0) is 6.54 Å². The molecule has 0 spiro atoms. The Morgan fingerprint density at radius 1 is 1.14 bits per heavy atom. The van der Waals surface area contributed by atoms with Crippen LogP contribution in [0, 0.1) is 17.1 Å². The van der Waals surface area contributed by atoms with Crippen molar-refractivity contribution in [2.24, 2.45) is 0 Å². The Bertz CT molecular complexity index is 821. The predicted octanol–water partition coefficient (Wildman–Crippen LogP) is 3.96. The second-order valence-corrected chi connectivity index (χ2v) is 4.68. The largest absolute Gasteiger partial charge is 0.378 e. The molecule has 5 heteroatoms. The Morgan fingerprint density at radius 2 is 1.95 bits per heavy atom. The molecule has 22 heavy (non-hydrogen) atoms. The highest BCUT2D eigenvalue weighted by Gasteiger charge is 2.09. The van der Waals surface area contributed by atoms with Gasteiger partial charge in [-0.25, -0.2) is 4.39 Å². The van der Waals surface area contributed by atoms with E-state index in [1.54, 1.807) is 12.1 Å². The number of hydrogen-bond donors (Lipinski definition) is 1. The van der Waals surface area contributed by atoms with Crippen molar-refractivity contribution in [3.05, 3.63) is 71.7 Å². The molecule has 3 rings (SSSR count). The highest BCUT2D eigenvalue weighted by Crippen LogP contribution is 2.22. The van der Waals surface area contributed by atoms with E-state index in [4.69, 9.17) is 9.78 Å². The smallest absolute Gasteiger partial charge is 0.167 e. The van der Waals surface area contributed by atoms with Crippen molar-refractivity contribution >= 4 is 5.69 Å². The maximum atomic E-state index is 13.5. The van der Waals surface area contributed by atoms with Crippen molar-refractivity contribution in [1.82, 2.24) is 5.16 Å². The predicted molar refractivity (Wildman–Crippen MR) is 80.4 cm³/mol. The number of nitrogens with one attached hydrogen (secondary N) is 1. The molecule has 0 radical (unpaired) electrons. The Balaban J connectivity index is 1.75. The van der Waals surface area contributed by atoms with Crippen molar-refractivity contribution in [2.75, 3.05) is 5.32 Å². The fourth-order valence-corrected chi connectivity index (χ4v) is 2.10. The molecule has 0 aliphatic heterocycles. The van der Waals surface area contributed by atoms with Crippen molar-refractivity contribution in [3.8, 4) is 17.4 Å². The molecular formula is C17H12FN3O. The molecule has 0 atom stereocenters. The molecule has 2 aromatic carbocycles. The highest BCUT2D eigenvalue weighted by molar-refractivity contribution is 5.59. The van der Waals surface area contributed by atoms with Crippen LogP contribution in [0.25, 0.3) is 11.3 Å². The molecule has 0 unspecified atom stereocenters. The number of rotatable bonds is 4. The first-order valence-electron chi connectivity index (χ1n) is 6.71. The second kappa shape index (κ2) is 6.10. The van der Waals surface area contributed by atoms with Gasteiger partial charge < -0.3 is 9.84 Å². The van der Waals surface area contributed by atoms with Crippen molar-refractivity contribution in [2.45, 2.75) is 6.54 Å². The first-order valence-corrected chi connectivity index (χ1v) is 6.71. The Labute approximate surface area is 126 Å². The van der Waals surface area contributed by atoms with E-state index in [2.05, 4.69) is 10.5 Å². The molecule has 3 aromatic rings. The summed E-state index contributed by atoms with van der Waals surface area (Å²) in [6.45, 7) is 0.342. The van der Waals surface area contributed by atoms with E-state index >= 15 is 0 Å². The van der Waals surface area contributed by atoms with Gasteiger partial charge in [0.1, 0.15) is 23.1 Å². The van der Waals surface area contributed by atoms with Gasteiger partial charge in [-0.15, -0.1) is 0 Å². The third kappa shape index (κ3) is 2.81. The summed E-state index contributed by atoms with van der Waals surface area (Å²) < 4.78 is 18.8. The summed E-state index contributed by atoms with van der Waals surface area (Å²) in [6, 6.07) is 17.7. The lowest BCUT2D eigenvalue weighted by Crippen LogP contribution is -2.02. The number of benzene rings is 2. The van der Waals surface area contributed by atoms with Crippen LogP contribution in [0.5, 0.6) is 0 Å². The average molecular weight is 293 g/mol. The van der Waals surface area contributed by atoms with E-state index < -0.39 is 5.82 Å². The zero-order chi connectivity index (χ0) is 15.4. The van der Waals surface area contributed by atoms with Crippen LogP contribution in [0.4, 0.5) is 10.1 Å². The zero-order valence-electron chi connectivity index (χ0n) is 11.6. The number of nitrogens with zero attached hydrogens (tertiary/aromatic N) is 2. The third-order valence-electron chi connectivity index (χ3n) is 3.20. The molecule has 0 aliphatic carbocycles. The normalized spacial score (nSPS) is 10.2. The van der Waals surface area contributed by atoms with E-state index in [1.165, 1.54) is 6.07 Å². The number of nitriles is 1. The lowest BCUT2D eigenvalue weighted by Gasteiger charge is -2.06. The van der Waals surface area contributed by atoms with E-state index in [0.717, 1.165) is 5.56 Å². The molecule has 108 valence electrons.